The molecule has 0 radical (unpaired) electrons. The van der Waals surface area contributed by atoms with Gasteiger partial charge in [0, 0.05) is 32.7 Å². The number of likely N-dealkylation sites (tertiary alicyclic amines) is 1. The maximum atomic E-state index is 4.26. The van der Waals surface area contributed by atoms with Crippen LogP contribution in [0.3, 0.4) is 0 Å². The molecule has 0 spiro atoms. The van der Waals surface area contributed by atoms with E-state index in [0.29, 0.717) is 17.9 Å². The van der Waals surface area contributed by atoms with E-state index in [4.69, 9.17) is 0 Å². The molecular weight excluding hydrogens is 298 g/mol. The highest BCUT2D eigenvalue weighted by molar-refractivity contribution is 5.14. The molecule has 5 heteroatoms. The molecule has 24 heavy (non-hydrogen) atoms. The quantitative estimate of drug-likeness (QED) is 0.916. The SMILES string of the molecule is Cc1nnc(CNC2[C@H](C)CN(Cc3ccccc3)C[C@H]2C)n1C. The van der Waals surface area contributed by atoms with Crippen LogP contribution in [0.4, 0.5) is 0 Å². The molecule has 0 amide bonds. The fourth-order valence-electron chi connectivity index (χ4n) is 3.86. The topological polar surface area (TPSA) is 46.0 Å². The normalized spacial score (nSPS) is 22.8. The summed E-state index contributed by atoms with van der Waals surface area (Å²) in [5, 5.41) is 12.1. The van der Waals surface area contributed by atoms with Gasteiger partial charge >= 0.3 is 0 Å². The number of aryl methyl sites for hydroxylation is 1. The van der Waals surface area contributed by atoms with Gasteiger partial charge in [0.2, 0.25) is 0 Å². The van der Waals surface area contributed by atoms with Crippen molar-refractivity contribution >= 4 is 0 Å². The van der Waals surface area contributed by atoms with Gasteiger partial charge in [-0.25, -0.2) is 0 Å². The van der Waals surface area contributed by atoms with Crippen molar-refractivity contribution in [1.82, 2.24) is 25.0 Å². The van der Waals surface area contributed by atoms with E-state index < -0.39 is 0 Å². The second-order valence-electron chi connectivity index (χ2n) is 7.26. The van der Waals surface area contributed by atoms with Crippen molar-refractivity contribution in [2.24, 2.45) is 18.9 Å². The Morgan fingerprint density at radius 2 is 1.75 bits per heavy atom. The molecule has 1 aliphatic rings. The number of hydrogen-bond acceptors (Lipinski definition) is 4. The number of nitrogens with one attached hydrogen (secondary N) is 1. The van der Waals surface area contributed by atoms with Crippen LogP contribution >= 0.6 is 0 Å². The maximum absolute atomic E-state index is 4.26. The van der Waals surface area contributed by atoms with Crippen molar-refractivity contribution in [2.45, 2.75) is 39.9 Å². The number of aromatic nitrogens is 3. The van der Waals surface area contributed by atoms with Crippen LogP contribution < -0.4 is 5.32 Å². The lowest BCUT2D eigenvalue weighted by atomic mass is 9.85. The van der Waals surface area contributed by atoms with E-state index in [9.17, 15) is 0 Å². The molecule has 130 valence electrons. The molecule has 1 aliphatic heterocycles. The average Bonchev–Trinajstić information content (AvgIpc) is 2.87. The molecule has 0 unspecified atom stereocenters. The third-order valence-corrected chi connectivity index (χ3v) is 5.25. The minimum absolute atomic E-state index is 0.522. The molecule has 0 saturated carbocycles. The van der Waals surface area contributed by atoms with Gasteiger partial charge in [-0.1, -0.05) is 44.2 Å². The van der Waals surface area contributed by atoms with Gasteiger partial charge in [0.05, 0.1) is 6.54 Å². The molecule has 2 aromatic rings. The molecule has 2 atom stereocenters. The Hall–Kier alpha value is -1.72. The smallest absolute Gasteiger partial charge is 0.146 e. The van der Waals surface area contributed by atoms with Gasteiger partial charge in [0.15, 0.2) is 0 Å². The molecule has 5 nitrogen and oxygen atoms in total. The molecule has 1 aromatic heterocycles. The lowest BCUT2D eigenvalue weighted by Gasteiger charge is -2.42. The van der Waals surface area contributed by atoms with E-state index in [2.05, 4.69) is 69.2 Å². The second kappa shape index (κ2) is 7.45. The summed E-state index contributed by atoms with van der Waals surface area (Å²) in [7, 11) is 2.03. The molecule has 1 N–H and O–H groups in total. The summed E-state index contributed by atoms with van der Waals surface area (Å²) in [6.07, 6.45) is 0. The third-order valence-electron chi connectivity index (χ3n) is 5.25. The van der Waals surface area contributed by atoms with Crippen molar-refractivity contribution in [3.8, 4) is 0 Å². The first-order valence-electron chi connectivity index (χ1n) is 8.89. The monoisotopic (exact) mass is 327 g/mol. The summed E-state index contributed by atoms with van der Waals surface area (Å²) in [4.78, 5) is 2.58. The Kier molecular flexibility index (Phi) is 5.31. The maximum Gasteiger partial charge on any atom is 0.146 e. The first-order chi connectivity index (χ1) is 11.5. The van der Waals surface area contributed by atoms with Gasteiger partial charge in [-0.3, -0.25) is 4.90 Å². The van der Waals surface area contributed by atoms with Gasteiger partial charge in [0.25, 0.3) is 0 Å². The lowest BCUT2D eigenvalue weighted by Crippen LogP contribution is -2.53. The molecular formula is C19H29N5. The predicted molar refractivity (Wildman–Crippen MR) is 96.4 cm³/mol. The summed E-state index contributed by atoms with van der Waals surface area (Å²) >= 11 is 0. The molecule has 3 rings (SSSR count). The second-order valence-corrected chi connectivity index (χ2v) is 7.26. The van der Waals surface area contributed by atoms with E-state index in [-0.39, 0.29) is 0 Å². The van der Waals surface area contributed by atoms with E-state index in [1.54, 1.807) is 0 Å². The van der Waals surface area contributed by atoms with E-state index in [1.807, 2.05) is 14.0 Å². The molecule has 0 aliphatic carbocycles. The molecule has 0 bridgehead atoms. The van der Waals surface area contributed by atoms with Crippen molar-refractivity contribution in [2.75, 3.05) is 13.1 Å². The van der Waals surface area contributed by atoms with Crippen molar-refractivity contribution in [1.29, 1.82) is 0 Å². The highest BCUT2D eigenvalue weighted by Crippen LogP contribution is 2.24. The highest BCUT2D eigenvalue weighted by atomic mass is 15.3. The fraction of sp³-hybridized carbons (Fsp3) is 0.579. The van der Waals surface area contributed by atoms with E-state index in [0.717, 1.165) is 37.8 Å². The number of piperidine rings is 1. The predicted octanol–water partition coefficient (Wildman–Crippen LogP) is 2.37. The minimum atomic E-state index is 0.522. The Labute approximate surface area is 145 Å². The molecule has 1 aromatic carbocycles. The van der Waals surface area contributed by atoms with E-state index >= 15 is 0 Å². The van der Waals surface area contributed by atoms with Crippen LogP contribution in [0.15, 0.2) is 30.3 Å². The van der Waals surface area contributed by atoms with Crippen molar-refractivity contribution < 1.29 is 0 Å². The Bertz CT molecular complexity index is 639. The molecule has 1 fully saturated rings. The van der Waals surface area contributed by atoms with Gasteiger partial charge in [-0.05, 0) is 24.3 Å². The van der Waals surface area contributed by atoms with Gasteiger partial charge in [-0.2, -0.15) is 0 Å². The summed E-state index contributed by atoms with van der Waals surface area (Å²) < 4.78 is 2.06. The average molecular weight is 327 g/mol. The zero-order valence-corrected chi connectivity index (χ0v) is 15.2. The zero-order chi connectivity index (χ0) is 17.1. The van der Waals surface area contributed by atoms with Crippen molar-refractivity contribution in [3.63, 3.8) is 0 Å². The number of rotatable bonds is 5. The van der Waals surface area contributed by atoms with Crippen LogP contribution in [0.1, 0.15) is 31.1 Å². The molecule has 2 heterocycles. The van der Waals surface area contributed by atoms with Gasteiger partial charge in [-0.15, -0.1) is 10.2 Å². The third kappa shape index (κ3) is 3.84. The Balaban J connectivity index is 1.56. The summed E-state index contributed by atoms with van der Waals surface area (Å²) in [6, 6.07) is 11.3. The number of hydrogen-bond donors (Lipinski definition) is 1. The first kappa shape index (κ1) is 17.1. The van der Waals surface area contributed by atoms with Gasteiger partial charge in [0.1, 0.15) is 11.6 Å². The summed E-state index contributed by atoms with van der Waals surface area (Å²) in [6.45, 7) is 10.8. The molecule has 1 saturated heterocycles. The summed E-state index contributed by atoms with van der Waals surface area (Å²) in [5.41, 5.74) is 1.40. The Morgan fingerprint density at radius 3 is 2.33 bits per heavy atom. The van der Waals surface area contributed by atoms with Crippen molar-refractivity contribution in [3.05, 3.63) is 47.5 Å². The zero-order valence-electron chi connectivity index (χ0n) is 15.2. The standard InChI is InChI=1S/C19H29N5/c1-14-11-24(13-17-8-6-5-7-9-17)12-15(2)19(14)20-10-18-22-21-16(3)23(18)4/h5-9,14-15,19-20H,10-13H2,1-4H3/t14-,15-/m1/s1. The summed E-state index contributed by atoms with van der Waals surface area (Å²) in [5.74, 6) is 3.21. The minimum Gasteiger partial charge on any atom is -0.317 e. The fourth-order valence-corrected chi connectivity index (χ4v) is 3.86. The number of benzene rings is 1. The Morgan fingerprint density at radius 1 is 1.08 bits per heavy atom. The number of nitrogens with zero attached hydrogens (tertiary/aromatic N) is 4. The van der Waals surface area contributed by atoms with Gasteiger partial charge < -0.3 is 9.88 Å². The highest BCUT2D eigenvalue weighted by Gasteiger charge is 2.31. The van der Waals surface area contributed by atoms with Crippen LogP contribution in [0.25, 0.3) is 0 Å². The van der Waals surface area contributed by atoms with Crippen LogP contribution in [-0.4, -0.2) is 38.8 Å². The van der Waals surface area contributed by atoms with Crippen LogP contribution in [-0.2, 0) is 20.1 Å². The van der Waals surface area contributed by atoms with Crippen LogP contribution in [0.5, 0.6) is 0 Å². The largest absolute Gasteiger partial charge is 0.317 e. The van der Waals surface area contributed by atoms with E-state index in [1.165, 1.54) is 5.56 Å². The lowest BCUT2D eigenvalue weighted by molar-refractivity contribution is 0.0934. The van der Waals surface area contributed by atoms with Crippen LogP contribution in [0.2, 0.25) is 0 Å². The first-order valence-corrected chi connectivity index (χ1v) is 8.89. The van der Waals surface area contributed by atoms with Crippen LogP contribution in [0, 0.1) is 18.8 Å².